The summed E-state index contributed by atoms with van der Waals surface area (Å²) in [6.07, 6.45) is 1.55. The molecule has 2 N–H and O–H groups in total. The van der Waals surface area contributed by atoms with Crippen LogP contribution in [0.15, 0.2) is 54.9 Å². The molecule has 0 aliphatic rings. The molecule has 0 radical (unpaired) electrons. The third-order valence-electron chi connectivity index (χ3n) is 3.21. The molecule has 0 amide bonds. The van der Waals surface area contributed by atoms with Crippen LogP contribution in [0.2, 0.25) is 0 Å². The van der Waals surface area contributed by atoms with Gasteiger partial charge in [-0.25, -0.2) is 4.68 Å². The summed E-state index contributed by atoms with van der Waals surface area (Å²) in [4.78, 5) is 0. The molecule has 0 spiro atoms. The Morgan fingerprint density at radius 3 is 2.76 bits per heavy atom. The molecule has 1 atom stereocenters. The number of tetrazole rings is 1. The molecule has 1 unspecified atom stereocenters. The quantitative estimate of drug-likeness (QED) is 0.768. The zero-order valence-corrected chi connectivity index (χ0v) is 11.5. The number of hydrogen-bond acceptors (Lipinski definition) is 5. The summed E-state index contributed by atoms with van der Waals surface area (Å²) in [6.45, 7) is 2.04. The highest BCUT2D eigenvalue weighted by Gasteiger charge is 2.07. The van der Waals surface area contributed by atoms with Crippen LogP contribution < -0.4 is 5.32 Å². The van der Waals surface area contributed by atoms with Gasteiger partial charge in [0.2, 0.25) is 0 Å². The summed E-state index contributed by atoms with van der Waals surface area (Å²) in [5.41, 5.74) is 2.86. The molecular weight excluding hydrogens is 266 g/mol. The van der Waals surface area contributed by atoms with Crippen molar-refractivity contribution in [2.45, 2.75) is 13.0 Å². The Labute approximate surface area is 122 Å². The summed E-state index contributed by atoms with van der Waals surface area (Å²) in [5.74, 6) is 0.267. The van der Waals surface area contributed by atoms with Crippen molar-refractivity contribution in [2.75, 3.05) is 5.32 Å². The number of nitrogens with one attached hydrogen (secondary N) is 1. The Balaban J connectivity index is 1.80. The van der Waals surface area contributed by atoms with Gasteiger partial charge in [-0.3, -0.25) is 0 Å². The van der Waals surface area contributed by atoms with Gasteiger partial charge in [0.05, 0.1) is 5.69 Å². The van der Waals surface area contributed by atoms with E-state index in [-0.39, 0.29) is 11.8 Å². The van der Waals surface area contributed by atoms with Crippen molar-refractivity contribution >= 4 is 5.69 Å². The number of benzene rings is 2. The standard InChI is InChI=1S/C15H15N5O/c1-11(12-4-2-7-15(21)8-12)17-13-5-3-6-14(9-13)20-10-16-18-19-20/h2-11,17,21H,1H3. The zero-order valence-electron chi connectivity index (χ0n) is 11.5. The summed E-state index contributed by atoms with van der Waals surface area (Å²) in [6, 6.07) is 15.1. The summed E-state index contributed by atoms with van der Waals surface area (Å²) in [5, 5.41) is 24.1. The average molecular weight is 281 g/mol. The van der Waals surface area contributed by atoms with Gasteiger partial charge in [0, 0.05) is 11.7 Å². The molecule has 0 saturated heterocycles. The van der Waals surface area contributed by atoms with Gasteiger partial charge in [-0.1, -0.05) is 18.2 Å². The van der Waals surface area contributed by atoms with E-state index in [0.29, 0.717) is 0 Å². The van der Waals surface area contributed by atoms with E-state index in [1.807, 2.05) is 43.3 Å². The first kappa shape index (κ1) is 13.1. The summed E-state index contributed by atoms with van der Waals surface area (Å²) < 4.78 is 1.60. The number of anilines is 1. The van der Waals surface area contributed by atoms with Gasteiger partial charge in [-0.2, -0.15) is 0 Å². The average Bonchev–Trinajstić information content (AvgIpc) is 3.02. The molecule has 3 rings (SSSR count). The van der Waals surface area contributed by atoms with Crippen molar-refractivity contribution in [3.05, 3.63) is 60.4 Å². The molecule has 3 aromatic rings. The largest absolute Gasteiger partial charge is 0.508 e. The van der Waals surface area contributed by atoms with Gasteiger partial charge >= 0.3 is 0 Å². The van der Waals surface area contributed by atoms with Crippen molar-refractivity contribution in [2.24, 2.45) is 0 Å². The van der Waals surface area contributed by atoms with Gasteiger partial charge < -0.3 is 10.4 Å². The topological polar surface area (TPSA) is 75.9 Å². The van der Waals surface area contributed by atoms with Crippen LogP contribution in [0.4, 0.5) is 5.69 Å². The van der Waals surface area contributed by atoms with Crippen molar-refractivity contribution in [3.8, 4) is 11.4 Å². The maximum Gasteiger partial charge on any atom is 0.143 e. The highest BCUT2D eigenvalue weighted by Crippen LogP contribution is 2.23. The number of aromatic nitrogens is 4. The first-order valence-corrected chi connectivity index (χ1v) is 6.61. The van der Waals surface area contributed by atoms with Gasteiger partial charge in [-0.15, -0.1) is 5.10 Å². The predicted molar refractivity (Wildman–Crippen MR) is 79.3 cm³/mol. The molecule has 1 aromatic heterocycles. The monoisotopic (exact) mass is 281 g/mol. The van der Waals surface area contributed by atoms with Crippen LogP contribution in [-0.2, 0) is 0 Å². The molecule has 6 nitrogen and oxygen atoms in total. The lowest BCUT2D eigenvalue weighted by atomic mass is 10.1. The van der Waals surface area contributed by atoms with E-state index in [0.717, 1.165) is 16.9 Å². The maximum atomic E-state index is 9.54. The Kier molecular flexibility index (Phi) is 3.51. The predicted octanol–water partition coefficient (Wildman–Crippen LogP) is 2.54. The fraction of sp³-hybridized carbons (Fsp3) is 0.133. The smallest absolute Gasteiger partial charge is 0.143 e. The normalized spacial score (nSPS) is 12.0. The van der Waals surface area contributed by atoms with E-state index in [4.69, 9.17) is 0 Å². The molecule has 1 heterocycles. The number of nitrogens with zero attached hydrogens (tertiary/aromatic N) is 4. The van der Waals surface area contributed by atoms with Crippen LogP contribution in [0, 0.1) is 0 Å². The van der Waals surface area contributed by atoms with E-state index < -0.39 is 0 Å². The van der Waals surface area contributed by atoms with Crippen molar-refractivity contribution in [3.63, 3.8) is 0 Å². The van der Waals surface area contributed by atoms with Crippen LogP contribution in [0.3, 0.4) is 0 Å². The molecule has 6 heteroatoms. The number of phenolic OH excluding ortho intramolecular Hbond substituents is 1. The Bertz CT molecular complexity index is 726. The van der Waals surface area contributed by atoms with Crippen molar-refractivity contribution < 1.29 is 5.11 Å². The molecule has 0 bridgehead atoms. The SMILES string of the molecule is CC(Nc1cccc(-n2cnnn2)c1)c1cccc(O)c1. The first-order chi connectivity index (χ1) is 10.2. The van der Waals surface area contributed by atoms with E-state index in [1.165, 1.54) is 0 Å². The lowest BCUT2D eigenvalue weighted by Crippen LogP contribution is -2.07. The van der Waals surface area contributed by atoms with Gasteiger partial charge in [-0.05, 0) is 53.2 Å². The molecule has 2 aromatic carbocycles. The summed E-state index contributed by atoms with van der Waals surface area (Å²) >= 11 is 0. The zero-order chi connectivity index (χ0) is 14.7. The molecule has 0 saturated carbocycles. The van der Waals surface area contributed by atoms with E-state index >= 15 is 0 Å². The first-order valence-electron chi connectivity index (χ1n) is 6.61. The molecule has 0 fully saturated rings. The molecular formula is C15H15N5O. The number of rotatable bonds is 4. The lowest BCUT2D eigenvalue weighted by Gasteiger charge is -2.16. The second-order valence-corrected chi connectivity index (χ2v) is 4.77. The molecule has 106 valence electrons. The Hall–Kier alpha value is -2.89. The second-order valence-electron chi connectivity index (χ2n) is 4.77. The van der Waals surface area contributed by atoms with Gasteiger partial charge in [0.15, 0.2) is 0 Å². The van der Waals surface area contributed by atoms with E-state index in [1.54, 1.807) is 23.1 Å². The van der Waals surface area contributed by atoms with Crippen LogP contribution in [0.25, 0.3) is 5.69 Å². The second kappa shape index (κ2) is 5.62. The number of aromatic hydroxyl groups is 1. The van der Waals surface area contributed by atoms with E-state index in [2.05, 4.69) is 20.8 Å². The Morgan fingerprint density at radius 1 is 1.14 bits per heavy atom. The Morgan fingerprint density at radius 2 is 2.00 bits per heavy atom. The van der Waals surface area contributed by atoms with Crippen molar-refractivity contribution in [1.29, 1.82) is 0 Å². The minimum absolute atomic E-state index is 0.0706. The minimum atomic E-state index is 0.0706. The summed E-state index contributed by atoms with van der Waals surface area (Å²) in [7, 11) is 0. The minimum Gasteiger partial charge on any atom is -0.508 e. The third-order valence-corrected chi connectivity index (χ3v) is 3.21. The third kappa shape index (κ3) is 3.00. The fourth-order valence-electron chi connectivity index (χ4n) is 2.15. The van der Waals surface area contributed by atoms with Gasteiger partial charge in [0.25, 0.3) is 0 Å². The van der Waals surface area contributed by atoms with Crippen LogP contribution in [-0.4, -0.2) is 25.3 Å². The van der Waals surface area contributed by atoms with Crippen LogP contribution in [0.1, 0.15) is 18.5 Å². The van der Waals surface area contributed by atoms with E-state index in [9.17, 15) is 5.11 Å². The number of hydrogen-bond donors (Lipinski definition) is 2. The highest BCUT2D eigenvalue weighted by atomic mass is 16.3. The number of phenols is 1. The molecule has 0 aliphatic carbocycles. The van der Waals surface area contributed by atoms with Gasteiger partial charge in [0.1, 0.15) is 12.1 Å². The highest BCUT2D eigenvalue weighted by molar-refractivity contribution is 5.52. The van der Waals surface area contributed by atoms with Crippen LogP contribution >= 0.6 is 0 Å². The maximum absolute atomic E-state index is 9.54. The van der Waals surface area contributed by atoms with Crippen LogP contribution in [0.5, 0.6) is 5.75 Å². The fourth-order valence-corrected chi connectivity index (χ4v) is 2.15. The molecule has 21 heavy (non-hydrogen) atoms. The lowest BCUT2D eigenvalue weighted by molar-refractivity contribution is 0.474. The molecule has 0 aliphatic heterocycles. The van der Waals surface area contributed by atoms with Crippen molar-refractivity contribution in [1.82, 2.24) is 20.2 Å².